The van der Waals surface area contributed by atoms with Gasteiger partial charge in [-0.2, -0.15) is 0 Å². The molecule has 0 spiro atoms. The highest BCUT2D eigenvalue weighted by molar-refractivity contribution is 5.33. The number of methoxy groups -OCH3 is 1. The first-order valence-electron chi connectivity index (χ1n) is 11.9. The van der Waals surface area contributed by atoms with E-state index in [0.717, 1.165) is 71.1 Å². The van der Waals surface area contributed by atoms with Gasteiger partial charge in [0.1, 0.15) is 5.75 Å². The van der Waals surface area contributed by atoms with Crippen LogP contribution in [0.5, 0.6) is 5.75 Å². The second kappa shape index (κ2) is 12.2. The molecule has 0 aromatic heterocycles. The van der Waals surface area contributed by atoms with Crippen LogP contribution < -0.4 is 4.74 Å². The molecule has 0 radical (unpaired) electrons. The Kier molecular flexibility index (Phi) is 9.60. The number of ether oxygens (including phenoxy) is 3. The normalized spacial score (nSPS) is 21.8. The molecular weight excluding hydrogens is 390 g/mol. The Bertz CT molecular complexity index is 631. The average molecular weight is 434 g/mol. The van der Waals surface area contributed by atoms with Gasteiger partial charge in [0.05, 0.1) is 13.2 Å². The van der Waals surface area contributed by atoms with E-state index in [-0.39, 0.29) is 5.41 Å². The van der Waals surface area contributed by atoms with Crippen LogP contribution in [0.25, 0.3) is 0 Å². The van der Waals surface area contributed by atoms with Crippen LogP contribution in [0, 0.1) is 0 Å². The van der Waals surface area contributed by atoms with E-state index in [1.165, 1.54) is 25.1 Å². The van der Waals surface area contributed by atoms with Gasteiger partial charge in [0.25, 0.3) is 0 Å². The zero-order valence-corrected chi connectivity index (χ0v) is 20.1. The average Bonchev–Trinajstić information content (AvgIpc) is 3.26. The molecule has 1 aromatic carbocycles. The lowest BCUT2D eigenvalue weighted by molar-refractivity contribution is 0.0341. The zero-order valence-electron chi connectivity index (χ0n) is 20.1. The molecule has 1 atom stereocenters. The third-order valence-corrected chi connectivity index (χ3v) is 7.03. The lowest BCUT2D eigenvalue weighted by atomic mass is 9.73. The highest BCUT2D eigenvalue weighted by atomic mass is 16.5. The largest absolute Gasteiger partial charge is 0.494 e. The van der Waals surface area contributed by atoms with E-state index >= 15 is 0 Å². The lowest BCUT2D eigenvalue weighted by Gasteiger charge is -2.40. The molecule has 0 amide bonds. The van der Waals surface area contributed by atoms with Gasteiger partial charge in [-0.15, -0.1) is 0 Å². The molecule has 2 aliphatic heterocycles. The molecule has 31 heavy (non-hydrogen) atoms. The van der Waals surface area contributed by atoms with E-state index in [2.05, 4.69) is 60.1 Å². The van der Waals surface area contributed by atoms with Crippen LogP contribution in [0.3, 0.4) is 0 Å². The van der Waals surface area contributed by atoms with Crippen molar-refractivity contribution in [3.8, 4) is 5.75 Å². The first-order chi connectivity index (χ1) is 15.0. The Hall–Kier alpha value is -1.18. The number of rotatable bonds is 12. The van der Waals surface area contributed by atoms with Crippen molar-refractivity contribution in [1.29, 1.82) is 0 Å². The first-order valence-corrected chi connectivity index (χ1v) is 11.9. The van der Waals surface area contributed by atoms with Crippen molar-refractivity contribution < 1.29 is 14.2 Å². The molecule has 2 fully saturated rings. The fourth-order valence-electron chi connectivity index (χ4n) is 4.96. The lowest BCUT2D eigenvalue weighted by Crippen LogP contribution is -2.44. The predicted molar refractivity (Wildman–Crippen MR) is 126 cm³/mol. The van der Waals surface area contributed by atoms with Crippen LogP contribution in [0.1, 0.15) is 31.2 Å². The highest BCUT2D eigenvalue weighted by Crippen LogP contribution is 2.36. The van der Waals surface area contributed by atoms with Crippen molar-refractivity contribution in [3.05, 3.63) is 29.8 Å². The summed E-state index contributed by atoms with van der Waals surface area (Å²) in [6, 6.07) is 9.55. The maximum absolute atomic E-state index is 6.06. The van der Waals surface area contributed by atoms with Crippen molar-refractivity contribution in [2.45, 2.75) is 37.1 Å². The maximum Gasteiger partial charge on any atom is 0.119 e. The van der Waals surface area contributed by atoms with Crippen LogP contribution in [0.4, 0.5) is 0 Å². The molecule has 0 N–H and O–H groups in total. The Morgan fingerprint density at radius 2 is 1.84 bits per heavy atom. The topological polar surface area (TPSA) is 37.4 Å². The van der Waals surface area contributed by atoms with Crippen molar-refractivity contribution in [1.82, 2.24) is 14.7 Å². The van der Waals surface area contributed by atoms with Gasteiger partial charge in [0.2, 0.25) is 0 Å². The minimum absolute atomic E-state index is 0.151. The summed E-state index contributed by atoms with van der Waals surface area (Å²) in [5.41, 5.74) is 1.55. The van der Waals surface area contributed by atoms with Crippen LogP contribution >= 0.6 is 0 Å². The highest BCUT2D eigenvalue weighted by Gasteiger charge is 2.35. The van der Waals surface area contributed by atoms with Crippen molar-refractivity contribution in [3.63, 3.8) is 0 Å². The van der Waals surface area contributed by atoms with Gasteiger partial charge in [-0.05, 0) is 71.1 Å². The van der Waals surface area contributed by atoms with Gasteiger partial charge in [0.15, 0.2) is 0 Å². The molecule has 0 bridgehead atoms. The number of hydrogen-bond acceptors (Lipinski definition) is 6. The van der Waals surface area contributed by atoms with E-state index in [1.54, 1.807) is 7.11 Å². The van der Waals surface area contributed by atoms with E-state index in [0.29, 0.717) is 6.04 Å². The second-order valence-corrected chi connectivity index (χ2v) is 9.56. The fourth-order valence-corrected chi connectivity index (χ4v) is 4.96. The summed E-state index contributed by atoms with van der Waals surface area (Å²) in [7, 11) is 8.32. The Balaban J connectivity index is 1.48. The Labute approximate surface area is 189 Å². The molecule has 2 heterocycles. The molecule has 1 aromatic rings. The maximum atomic E-state index is 6.06. The summed E-state index contributed by atoms with van der Waals surface area (Å²) in [4.78, 5) is 7.29. The third-order valence-electron chi connectivity index (χ3n) is 7.03. The third kappa shape index (κ3) is 7.16. The molecule has 176 valence electrons. The minimum Gasteiger partial charge on any atom is -0.494 e. The summed E-state index contributed by atoms with van der Waals surface area (Å²) in [6.07, 6.45) is 4.48. The van der Waals surface area contributed by atoms with Crippen molar-refractivity contribution in [2.24, 2.45) is 0 Å². The summed E-state index contributed by atoms with van der Waals surface area (Å²) in [6.45, 7) is 8.72. The number of benzene rings is 1. The van der Waals surface area contributed by atoms with Gasteiger partial charge >= 0.3 is 0 Å². The van der Waals surface area contributed by atoms with Crippen LogP contribution in [0.15, 0.2) is 24.3 Å². The SMILES string of the molecule is COCCN(C)CC1(c2ccc(OCCCN3CC[C@@H](N(C)C)C3)cc2)CCOCC1. The quantitative estimate of drug-likeness (QED) is 0.472. The monoisotopic (exact) mass is 433 g/mol. The number of likely N-dealkylation sites (N-methyl/N-ethyl adjacent to an activating group) is 2. The summed E-state index contributed by atoms with van der Waals surface area (Å²) >= 11 is 0. The molecule has 6 nitrogen and oxygen atoms in total. The number of hydrogen-bond donors (Lipinski definition) is 0. The van der Waals surface area contributed by atoms with E-state index in [4.69, 9.17) is 14.2 Å². The summed E-state index contributed by atoms with van der Waals surface area (Å²) in [5.74, 6) is 0.978. The molecule has 0 saturated carbocycles. The molecular formula is C25H43N3O3. The Morgan fingerprint density at radius 1 is 1.10 bits per heavy atom. The van der Waals surface area contributed by atoms with E-state index in [9.17, 15) is 0 Å². The van der Waals surface area contributed by atoms with Gasteiger partial charge in [-0.25, -0.2) is 0 Å². The van der Waals surface area contributed by atoms with Crippen molar-refractivity contribution >= 4 is 0 Å². The number of nitrogens with zero attached hydrogens (tertiary/aromatic N) is 3. The Morgan fingerprint density at radius 3 is 2.48 bits per heavy atom. The molecule has 0 aliphatic carbocycles. The summed E-state index contributed by atoms with van der Waals surface area (Å²) in [5, 5.41) is 0. The predicted octanol–water partition coefficient (Wildman–Crippen LogP) is 2.72. The van der Waals surface area contributed by atoms with Crippen LogP contribution in [-0.4, -0.2) is 108 Å². The molecule has 3 rings (SSSR count). The van der Waals surface area contributed by atoms with Gasteiger partial charge in [0, 0.05) is 58.0 Å². The molecule has 0 unspecified atom stereocenters. The molecule has 2 saturated heterocycles. The van der Waals surface area contributed by atoms with Gasteiger partial charge in [-0.1, -0.05) is 12.1 Å². The first kappa shape index (κ1) is 24.5. The standard InChI is InChI=1S/C25H43N3O3/c1-26(2)23-10-14-28(20-23)13-5-16-31-24-8-6-22(7-9-24)25(11-17-30-18-12-25)21-27(3)15-19-29-4/h6-9,23H,5,10-21H2,1-4H3/t23-/m1/s1. The smallest absolute Gasteiger partial charge is 0.119 e. The molecule has 6 heteroatoms. The second-order valence-electron chi connectivity index (χ2n) is 9.56. The van der Waals surface area contributed by atoms with E-state index < -0.39 is 0 Å². The summed E-state index contributed by atoms with van der Waals surface area (Å²) < 4.78 is 17.0. The van der Waals surface area contributed by atoms with E-state index in [1.807, 2.05) is 0 Å². The molecule has 2 aliphatic rings. The van der Waals surface area contributed by atoms with Gasteiger partial charge < -0.3 is 28.9 Å². The van der Waals surface area contributed by atoms with Crippen molar-refractivity contribution in [2.75, 3.05) is 87.4 Å². The fraction of sp³-hybridized carbons (Fsp3) is 0.760. The van der Waals surface area contributed by atoms with Gasteiger partial charge in [-0.3, -0.25) is 0 Å². The zero-order chi connectivity index (χ0) is 22.1. The minimum atomic E-state index is 0.151. The van der Waals surface area contributed by atoms with Crippen LogP contribution in [-0.2, 0) is 14.9 Å². The number of likely N-dealkylation sites (tertiary alicyclic amines) is 1. The van der Waals surface area contributed by atoms with Crippen LogP contribution in [0.2, 0.25) is 0 Å².